The molecule has 3 rings (SSSR count). The summed E-state index contributed by atoms with van der Waals surface area (Å²) in [7, 11) is 0. The van der Waals surface area contributed by atoms with Crippen LogP contribution < -0.4 is 10.5 Å². The topological polar surface area (TPSA) is 91.1 Å². The van der Waals surface area contributed by atoms with E-state index in [-0.39, 0.29) is 18.1 Å². The molecule has 0 aromatic heterocycles. The standard InChI is InChI=1S/C16H20N2O5/c17-14(19)9-23-13-3-1-2-12(8-13)15(20)18-5-7-22-11-16(18)4-6-21-10-16/h1-3,8H,4-7,9-11H2,(H2,17,19). The number of ether oxygens (including phenoxy) is 3. The molecule has 2 aliphatic heterocycles. The third kappa shape index (κ3) is 3.30. The zero-order valence-electron chi connectivity index (χ0n) is 12.8. The Morgan fingerprint density at radius 1 is 1.26 bits per heavy atom. The summed E-state index contributed by atoms with van der Waals surface area (Å²) in [6.45, 7) is 2.47. The molecule has 1 aromatic rings. The van der Waals surface area contributed by atoms with Gasteiger partial charge in [0.1, 0.15) is 5.75 Å². The predicted octanol–water partition coefficient (Wildman–Crippen LogP) is 0.182. The quantitative estimate of drug-likeness (QED) is 0.855. The van der Waals surface area contributed by atoms with Gasteiger partial charge in [-0.2, -0.15) is 0 Å². The van der Waals surface area contributed by atoms with Crippen molar-refractivity contribution in [2.24, 2.45) is 5.73 Å². The summed E-state index contributed by atoms with van der Waals surface area (Å²) in [5.41, 5.74) is 5.21. The van der Waals surface area contributed by atoms with E-state index in [4.69, 9.17) is 19.9 Å². The molecule has 1 aromatic carbocycles. The number of hydrogen-bond donors (Lipinski definition) is 1. The molecular weight excluding hydrogens is 300 g/mol. The van der Waals surface area contributed by atoms with Crippen molar-refractivity contribution in [3.05, 3.63) is 29.8 Å². The van der Waals surface area contributed by atoms with Crippen LogP contribution in [0, 0.1) is 0 Å². The number of benzene rings is 1. The number of hydrogen-bond acceptors (Lipinski definition) is 5. The Morgan fingerprint density at radius 2 is 2.04 bits per heavy atom. The Balaban J connectivity index is 1.78. The van der Waals surface area contributed by atoms with E-state index in [1.807, 2.05) is 4.90 Å². The molecule has 2 fully saturated rings. The molecule has 1 spiro atoms. The van der Waals surface area contributed by atoms with Gasteiger partial charge in [-0.3, -0.25) is 9.59 Å². The van der Waals surface area contributed by atoms with Crippen LogP contribution in [0.25, 0.3) is 0 Å². The molecule has 124 valence electrons. The third-order valence-electron chi connectivity index (χ3n) is 4.19. The van der Waals surface area contributed by atoms with Crippen LogP contribution in [0.1, 0.15) is 16.8 Å². The Kier molecular flexibility index (Phi) is 4.49. The number of carbonyl (C=O) groups is 2. The van der Waals surface area contributed by atoms with E-state index in [0.717, 1.165) is 6.42 Å². The molecule has 7 nitrogen and oxygen atoms in total. The van der Waals surface area contributed by atoms with Crippen molar-refractivity contribution in [2.75, 3.05) is 39.6 Å². The van der Waals surface area contributed by atoms with E-state index in [9.17, 15) is 9.59 Å². The van der Waals surface area contributed by atoms with Crippen LogP contribution in [0.5, 0.6) is 5.75 Å². The first-order chi connectivity index (χ1) is 11.1. The normalized spacial score (nSPS) is 23.9. The molecule has 23 heavy (non-hydrogen) atoms. The molecule has 1 unspecified atom stereocenters. The van der Waals surface area contributed by atoms with Crippen molar-refractivity contribution in [3.63, 3.8) is 0 Å². The fraction of sp³-hybridized carbons (Fsp3) is 0.500. The van der Waals surface area contributed by atoms with Gasteiger partial charge in [0, 0.05) is 18.7 Å². The molecule has 0 bridgehead atoms. The van der Waals surface area contributed by atoms with Crippen molar-refractivity contribution in [1.29, 1.82) is 0 Å². The summed E-state index contributed by atoms with van der Waals surface area (Å²) >= 11 is 0. The van der Waals surface area contributed by atoms with Gasteiger partial charge in [0.15, 0.2) is 6.61 Å². The largest absolute Gasteiger partial charge is 0.484 e. The Bertz CT molecular complexity index is 598. The van der Waals surface area contributed by atoms with E-state index >= 15 is 0 Å². The summed E-state index contributed by atoms with van der Waals surface area (Å²) in [6.07, 6.45) is 0.774. The fourth-order valence-corrected chi connectivity index (χ4v) is 3.00. The van der Waals surface area contributed by atoms with Gasteiger partial charge in [0.25, 0.3) is 11.8 Å². The molecule has 1 atom stereocenters. The summed E-state index contributed by atoms with van der Waals surface area (Å²) < 4.78 is 16.3. The summed E-state index contributed by atoms with van der Waals surface area (Å²) in [5, 5.41) is 0. The average molecular weight is 320 g/mol. The fourth-order valence-electron chi connectivity index (χ4n) is 3.00. The number of nitrogens with zero attached hydrogens (tertiary/aromatic N) is 1. The van der Waals surface area contributed by atoms with Crippen LogP contribution in [0.4, 0.5) is 0 Å². The van der Waals surface area contributed by atoms with Gasteiger partial charge in [-0.15, -0.1) is 0 Å². The van der Waals surface area contributed by atoms with Gasteiger partial charge in [-0.05, 0) is 24.6 Å². The molecule has 2 aliphatic rings. The number of primary amides is 1. The lowest BCUT2D eigenvalue weighted by atomic mass is 9.94. The molecule has 2 saturated heterocycles. The summed E-state index contributed by atoms with van der Waals surface area (Å²) in [4.78, 5) is 25.6. The number of carbonyl (C=O) groups excluding carboxylic acids is 2. The minimum atomic E-state index is -0.558. The van der Waals surface area contributed by atoms with E-state index in [1.54, 1.807) is 24.3 Å². The zero-order valence-corrected chi connectivity index (χ0v) is 12.8. The van der Waals surface area contributed by atoms with Gasteiger partial charge in [-0.25, -0.2) is 0 Å². The molecule has 2 N–H and O–H groups in total. The Labute approximate surface area is 134 Å². The highest BCUT2D eigenvalue weighted by molar-refractivity contribution is 5.95. The van der Waals surface area contributed by atoms with Gasteiger partial charge in [-0.1, -0.05) is 6.07 Å². The van der Waals surface area contributed by atoms with Crippen LogP contribution in [0.3, 0.4) is 0 Å². The number of rotatable bonds is 4. The molecule has 0 aliphatic carbocycles. The second-order valence-corrected chi connectivity index (χ2v) is 5.82. The van der Waals surface area contributed by atoms with Crippen LogP contribution >= 0.6 is 0 Å². The monoisotopic (exact) mass is 320 g/mol. The van der Waals surface area contributed by atoms with Crippen LogP contribution in [-0.4, -0.2) is 61.8 Å². The van der Waals surface area contributed by atoms with E-state index < -0.39 is 5.91 Å². The van der Waals surface area contributed by atoms with Crippen molar-refractivity contribution in [3.8, 4) is 5.75 Å². The predicted molar refractivity (Wildman–Crippen MR) is 81.2 cm³/mol. The van der Waals surface area contributed by atoms with Crippen LogP contribution in [0.15, 0.2) is 24.3 Å². The van der Waals surface area contributed by atoms with Crippen molar-refractivity contribution in [1.82, 2.24) is 4.90 Å². The van der Waals surface area contributed by atoms with E-state index in [0.29, 0.717) is 44.3 Å². The first-order valence-electron chi connectivity index (χ1n) is 7.59. The molecule has 0 saturated carbocycles. The first-order valence-corrected chi connectivity index (χ1v) is 7.59. The first kappa shape index (κ1) is 15.8. The van der Waals surface area contributed by atoms with Gasteiger partial charge < -0.3 is 24.8 Å². The number of amides is 2. The second-order valence-electron chi connectivity index (χ2n) is 5.82. The minimum Gasteiger partial charge on any atom is -0.484 e. The van der Waals surface area contributed by atoms with Gasteiger partial charge in [0.05, 0.1) is 25.4 Å². The highest BCUT2D eigenvalue weighted by Gasteiger charge is 2.45. The maximum Gasteiger partial charge on any atom is 0.255 e. The summed E-state index contributed by atoms with van der Waals surface area (Å²) in [6, 6.07) is 6.78. The molecule has 2 amide bonds. The molecule has 0 radical (unpaired) electrons. The third-order valence-corrected chi connectivity index (χ3v) is 4.19. The number of nitrogens with two attached hydrogens (primary N) is 1. The number of morpholine rings is 1. The average Bonchev–Trinajstić information content (AvgIpc) is 3.02. The maximum absolute atomic E-state index is 12.9. The van der Waals surface area contributed by atoms with Crippen molar-refractivity contribution in [2.45, 2.75) is 12.0 Å². The highest BCUT2D eigenvalue weighted by atomic mass is 16.5. The smallest absolute Gasteiger partial charge is 0.255 e. The lowest BCUT2D eigenvalue weighted by Crippen LogP contribution is -2.59. The summed E-state index contributed by atoms with van der Waals surface area (Å²) in [5.74, 6) is -0.195. The molecular formula is C16H20N2O5. The maximum atomic E-state index is 12.9. The Morgan fingerprint density at radius 3 is 2.78 bits per heavy atom. The lowest BCUT2D eigenvalue weighted by Gasteiger charge is -2.43. The lowest BCUT2D eigenvalue weighted by molar-refractivity contribution is -0.119. The van der Waals surface area contributed by atoms with Crippen molar-refractivity contribution < 1.29 is 23.8 Å². The van der Waals surface area contributed by atoms with Gasteiger partial charge >= 0.3 is 0 Å². The minimum absolute atomic E-state index is 0.0803. The molecule has 2 heterocycles. The highest BCUT2D eigenvalue weighted by Crippen LogP contribution is 2.31. The van der Waals surface area contributed by atoms with E-state index in [2.05, 4.69) is 0 Å². The SMILES string of the molecule is NC(=O)COc1cccc(C(=O)N2CCOCC23CCOC3)c1. The zero-order chi connectivity index (χ0) is 16.3. The van der Waals surface area contributed by atoms with Crippen LogP contribution in [0.2, 0.25) is 0 Å². The Hall–Kier alpha value is -2.12. The van der Waals surface area contributed by atoms with E-state index in [1.165, 1.54) is 0 Å². The van der Waals surface area contributed by atoms with Gasteiger partial charge in [0.2, 0.25) is 0 Å². The van der Waals surface area contributed by atoms with Crippen LogP contribution in [-0.2, 0) is 14.3 Å². The van der Waals surface area contributed by atoms with Crippen molar-refractivity contribution >= 4 is 11.8 Å². The molecule has 7 heteroatoms. The second kappa shape index (κ2) is 6.55.